The third kappa shape index (κ3) is 2.24. The van der Waals surface area contributed by atoms with Crippen LogP contribution in [0.2, 0.25) is 0 Å². The molecular formula is C16H22F3N. The monoisotopic (exact) mass is 285 g/mol. The van der Waals surface area contributed by atoms with Crippen molar-refractivity contribution >= 4 is 0 Å². The van der Waals surface area contributed by atoms with E-state index in [-0.39, 0.29) is 11.3 Å². The first-order valence-corrected chi connectivity index (χ1v) is 7.37. The molecule has 0 aliphatic heterocycles. The van der Waals surface area contributed by atoms with Crippen LogP contribution < -0.4 is 5.32 Å². The third-order valence-corrected chi connectivity index (χ3v) is 5.03. The lowest BCUT2D eigenvalue weighted by molar-refractivity contribution is 0.0206. The van der Waals surface area contributed by atoms with E-state index in [1.165, 1.54) is 0 Å². The normalized spacial score (nSPS) is 24.5. The maximum absolute atomic E-state index is 13.4. The molecule has 0 amide bonds. The Hall–Kier alpha value is -1.03. The fourth-order valence-corrected chi connectivity index (χ4v) is 3.80. The highest BCUT2D eigenvalue weighted by Crippen LogP contribution is 2.57. The molecule has 0 aromatic heterocycles. The molecule has 2 rings (SSSR count). The van der Waals surface area contributed by atoms with Crippen molar-refractivity contribution in [3.63, 3.8) is 0 Å². The van der Waals surface area contributed by atoms with E-state index in [9.17, 15) is 13.2 Å². The molecule has 1 N–H and O–H groups in total. The van der Waals surface area contributed by atoms with E-state index in [0.29, 0.717) is 11.6 Å². The standard InChI is InChI=1S/C16H22F3N/c1-4-16(5-2)11(9-14(16)20-6-3)10-7-12(17)15(19)13(18)8-10/h7-8,11,14,20H,4-6,9H2,1-3H3. The molecule has 2 atom stereocenters. The number of hydrogen-bond acceptors (Lipinski definition) is 1. The van der Waals surface area contributed by atoms with Crippen molar-refractivity contribution in [2.24, 2.45) is 5.41 Å². The maximum atomic E-state index is 13.4. The van der Waals surface area contributed by atoms with Crippen molar-refractivity contribution in [2.45, 2.75) is 52.0 Å². The number of benzene rings is 1. The van der Waals surface area contributed by atoms with Gasteiger partial charge in [0.15, 0.2) is 17.5 Å². The summed E-state index contributed by atoms with van der Waals surface area (Å²) in [5.74, 6) is -3.47. The summed E-state index contributed by atoms with van der Waals surface area (Å²) in [7, 11) is 0. The second-order valence-corrected chi connectivity index (χ2v) is 5.64. The van der Waals surface area contributed by atoms with E-state index in [1.54, 1.807) is 0 Å². The summed E-state index contributed by atoms with van der Waals surface area (Å²) in [6.45, 7) is 7.15. The van der Waals surface area contributed by atoms with Crippen LogP contribution in [0.3, 0.4) is 0 Å². The average molecular weight is 285 g/mol. The number of halogens is 3. The maximum Gasteiger partial charge on any atom is 0.194 e. The minimum absolute atomic E-state index is 0.00667. The largest absolute Gasteiger partial charge is 0.314 e. The molecule has 1 aliphatic rings. The van der Waals surface area contributed by atoms with Gasteiger partial charge in [0.05, 0.1) is 0 Å². The summed E-state index contributed by atoms with van der Waals surface area (Å²) >= 11 is 0. The van der Waals surface area contributed by atoms with Crippen LogP contribution in [-0.2, 0) is 0 Å². The van der Waals surface area contributed by atoms with Crippen molar-refractivity contribution in [3.8, 4) is 0 Å². The molecule has 2 unspecified atom stereocenters. The fourth-order valence-electron chi connectivity index (χ4n) is 3.80. The van der Waals surface area contributed by atoms with Crippen LogP contribution in [0.25, 0.3) is 0 Å². The average Bonchev–Trinajstić information content (AvgIpc) is 2.41. The van der Waals surface area contributed by atoms with Crippen LogP contribution in [0.4, 0.5) is 13.2 Å². The molecule has 1 fully saturated rings. The Morgan fingerprint density at radius 2 is 1.65 bits per heavy atom. The summed E-state index contributed by atoms with van der Waals surface area (Å²) in [4.78, 5) is 0. The summed E-state index contributed by atoms with van der Waals surface area (Å²) in [6, 6.07) is 2.68. The van der Waals surface area contributed by atoms with Crippen molar-refractivity contribution in [1.29, 1.82) is 0 Å². The van der Waals surface area contributed by atoms with Crippen LogP contribution >= 0.6 is 0 Å². The Balaban J connectivity index is 2.34. The molecule has 0 spiro atoms. The Kier molecular flexibility index (Phi) is 4.43. The molecule has 20 heavy (non-hydrogen) atoms. The molecule has 112 valence electrons. The van der Waals surface area contributed by atoms with E-state index < -0.39 is 17.5 Å². The predicted octanol–water partition coefficient (Wildman–Crippen LogP) is 4.38. The van der Waals surface area contributed by atoms with Gasteiger partial charge in [0.2, 0.25) is 0 Å². The molecule has 0 bridgehead atoms. The molecule has 1 aromatic carbocycles. The Morgan fingerprint density at radius 1 is 1.10 bits per heavy atom. The summed E-state index contributed by atoms with van der Waals surface area (Å²) < 4.78 is 40.0. The topological polar surface area (TPSA) is 12.0 Å². The first kappa shape index (κ1) is 15.4. The van der Waals surface area contributed by atoms with Gasteiger partial charge in [-0.15, -0.1) is 0 Å². The summed E-state index contributed by atoms with van der Waals surface area (Å²) in [5, 5.41) is 3.45. The predicted molar refractivity (Wildman–Crippen MR) is 74.2 cm³/mol. The Morgan fingerprint density at radius 3 is 2.10 bits per heavy atom. The lowest BCUT2D eigenvalue weighted by Gasteiger charge is -2.56. The van der Waals surface area contributed by atoms with E-state index in [2.05, 4.69) is 26.1 Å². The highest BCUT2D eigenvalue weighted by atomic mass is 19.2. The molecular weight excluding hydrogens is 263 g/mol. The highest BCUT2D eigenvalue weighted by Gasteiger charge is 2.52. The van der Waals surface area contributed by atoms with Gasteiger partial charge in [-0.25, -0.2) is 13.2 Å². The highest BCUT2D eigenvalue weighted by molar-refractivity contribution is 5.30. The first-order valence-electron chi connectivity index (χ1n) is 7.37. The zero-order valence-corrected chi connectivity index (χ0v) is 12.3. The van der Waals surface area contributed by atoms with Crippen molar-refractivity contribution in [2.75, 3.05) is 6.54 Å². The van der Waals surface area contributed by atoms with Crippen LogP contribution in [0.5, 0.6) is 0 Å². The van der Waals surface area contributed by atoms with Gasteiger partial charge in [0.1, 0.15) is 0 Å². The number of hydrogen-bond donors (Lipinski definition) is 1. The van der Waals surface area contributed by atoms with Gasteiger partial charge in [-0.05, 0) is 54.8 Å². The lowest BCUT2D eigenvalue weighted by Crippen LogP contribution is -2.58. The van der Waals surface area contributed by atoms with Crippen LogP contribution in [0.15, 0.2) is 12.1 Å². The SMILES string of the molecule is CCNC1CC(c2cc(F)c(F)c(F)c2)C1(CC)CC. The number of nitrogens with one attached hydrogen (secondary N) is 1. The third-order valence-electron chi connectivity index (χ3n) is 5.03. The molecule has 0 heterocycles. The van der Waals surface area contributed by atoms with Crippen LogP contribution in [0, 0.1) is 22.9 Å². The van der Waals surface area contributed by atoms with Gasteiger partial charge in [-0.1, -0.05) is 20.8 Å². The lowest BCUT2D eigenvalue weighted by atomic mass is 9.52. The van der Waals surface area contributed by atoms with Crippen molar-refractivity contribution in [1.82, 2.24) is 5.32 Å². The quantitative estimate of drug-likeness (QED) is 0.792. The summed E-state index contributed by atoms with van der Waals surface area (Å²) in [6.07, 6.45) is 2.72. The van der Waals surface area contributed by atoms with Gasteiger partial charge in [0, 0.05) is 6.04 Å². The van der Waals surface area contributed by atoms with Gasteiger partial charge in [0.25, 0.3) is 0 Å². The van der Waals surface area contributed by atoms with E-state index >= 15 is 0 Å². The molecule has 0 radical (unpaired) electrons. The smallest absolute Gasteiger partial charge is 0.194 e. The van der Waals surface area contributed by atoms with Crippen LogP contribution in [0.1, 0.15) is 51.5 Å². The summed E-state index contributed by atoms with van der Waals surface area (Å²) in [5.41, 5.74) is 0.589. The molecule has 1 saturated carbocycles. The molecule has 1 aliphatic carbocycles. The van der Waals surface area contributed by atoms with Gasteiger partial charge in [-0.3, -0.25) is 0 Å². The van der Waals surface area contributed by atoms with Crippen molar-refractivity contribution < 1.29 is 13.2 Å². The minimum atomic E-state index is -1.38. The van der Waals surface area contributed by atoms with Gasteiger partial charge >= 0.3 is 0 Å². The molecule has 0 saturated heterocycles. The minimum Gasteiger partial charge on any atom is -0.314 e. The van der Waals surface area contributed by atoms with Crippen LogP contribution in [-0.4, -0.2) is 12.6 Å². The fraction of sp³-hybridized carbons (Fsp3) is 0.625. The Bertz CT molecular complexity index is 460. The zero-order chi connectivity index (χ0) is 14.9. The molecule has 4 heteroatoms. The molecule has 1 aromatic rings. The van der Waals surface area contributed by atoms with Gasteiger partial charge < -0.3 is 5.32 Å². The second-order valence-electron chi connectivity index (χ2n) is 5.64. The Labute approximate surface area is 118 Å². The number of rotatable bonds is 5. The second kappa shape index (κ2) is 5.76. The first-order chi connectivity index (χ1) is 9.50. The van der Waals surface area contributed by atoms with Gasteiger partial charge in [-0.2, -0.15) is 0 Å². The zero-order valence-electron chi connectivity index (χ0n) is 12.3. The van der Waals surface area contributed by atoms with E-state index in [0.717, 1.165) is 37.9 Å². The van der Waals surface area contributed by atoms with E-state index in [4.69, 9.17) is 0 Å². The van der Waals surface area contributed by atoms with E-state index in [1.807, 2.05) is 0 Å². The molecule has 1 nitrogen and oxygen atoms in total. The van der Waals surface area contributed by atoms with Crippen molar-refractivity contribution in [3.05, 3.63) is 35.1 Å².